The predicted octanol–water partition coefficient (Wildman–Crippen LogP) is 1.03. The number of rotatable bonds is 2. The van der Waals surface area contributed by atoms with E-state index in [4.69, 9.17) is 0 Å². The van der Waals surface area contributed by atoms with E-state index in [0.29, 0.717) is 0 Å². The molecule has 0 fully saturated rings. The molecule has 0 aliphatic heterocycles. The Bertz CT molecular complexity index is 241. The van der Waals surface area contributed by atoms with Crippen molar-refractivity contribution < 1.29 is 0 Å². The van der Waals surface area contributed by atoms with E-state index in [9.17, 15) is 0 Å². The summed E-state index contributed by atoms with van der Waals surface area (Å²) in [6.07, 6.45) is 3.53. The van der Waals surface area contributed by atoms with Gasteiger partial charge in [-0.05, 0) is 13.0 Å². The highest BCUT2D eigenvalue weighted by atomic mass is 15.3. The van der Waals surface area contributed by atoms with Crippen LogP contribution in [0.1, 0.15) is 12.5 Å². The van der Waals surface area contributed by atoms with Crippen LogP contribution in [0.5, 0.6) is 0 Å². The lowest BCUT2D eigenvalue weighted by molar-refractivity contribution is 0.899. The molecule has 0 saturated heterocycles. The average Bonchev–Trinajstić information content (AvgIpc) is 2.07. The largest absolute Gasteiger partial charge is 0.313 e. The molecule has 11 heavy (non-hydrogen) atoms. The molecule has 1 rings (SSSR count). The van der Waals surface area contributed by atoms with Gasteiger partial charge in [0, 0.05) is 25.0 Å². The molecule has 0 unspecified atom stereocenters. The van der Waals surface area contributed by atoms with Crippen molar-refractivity contribution in [3.63, 3.8) is 0 Å². The lowest BCUT2D eigenvalue weighted by atomic mass is 10.2. The van der Waals surface area contributed by atoms with Crippen molar-refractivity contribution in [2.45, 2.75) is 6.92 Å². The number of hydrogen-bond donors (Lipinski definition) is 1. The van der Waals surface area contributed by atoms with E-state index < -0.39 is 0 Å². The smallest absolute Gasteiger partial charge is 0.0659 e. The Labute approximate surface area is 66.2 Å². The van der Waals surface area contributed by atoms with E-state index in [2.05, 4.69) is 15.5 Å². The molecular weight excluding hydrogens is 138 g/mol. The Morgan fingerprint density at radius 2 is 2.45 bits per heavy atom. The summed E-state index contributed by atoms with van der Waals surface area (Å²) < 4.78 is 0. The third-order valence-electron chi connectivity index (χ3n) is 1.36. The van der Waals surface area contributed by atoms with Gasteiger partial charge in [-0.1, -0.05) is 6.07 Å². The Hall–Kier alpha value is -1.38. The highest BCUT2D eigenvalue weighted by Crippen LogP contribution is 1.96. The van der Waals surface area contributed by atoms with Gasteiger partial charge in [0.25, 0.3) is 0 Å². The van der Waals surface area contributed by atoms with Gasteiger partial charge in [0.1, 0.15) is 0 Å². The lowest BCUT2D eigenvalue weighted by Crippen LogP contribution is -2.02. The summed E-state index contributed by atoms with van der Waals surface area (Å²) in [6.45, 7) is 1.94. The van der Waals surface area contributed by atoms with E-state index in [1.54, 1.807) is 19.4 Å². The van der Waals surface area contributed by atoms with Gasteiger partial charge >= 0.3 is 0 Å². The molecule has 3 nitrogen and oxygen atoms in total. The molecule has 1 N–H and O–H groups in total. The standard InChI is InChI=1S/C8H11N3/c1-7(11-9-2)8-4-3-5-10-6-8/h3-6,9H,1-2H3/b11-7+. The first kappa shape index (κ1) is 7.72. The second-order valence-electron chi connectivity index (χ2n) is 2.16. The van der Waals surface area contributed by atoms with Gasteiger partial charge in [-0.25, -0.2) is 0 Å². The highest BCUT2D eigenvalue weighted by molar-refractivity contribution is 5.98. The number of pyridine rings is 1. The molecule has 0 amide bonds. The summed E-state index contributed by atoms with van der Waals surface area (Å²) in [6, 6.07) is 3.87. The number of aromatic nitrogens is 1. The Morgan fingerprint density at radius 1 is 1.64 bits per heavy atom. The first-order valence-electron chi connectivity index (χ1n) is 3.46. The van der Waals surface area contributed by atoms with Crippen LogP contribution in [0.25, 0.3) is 0 Å². The van der Waals surface area contributed by atoms with E-state index in [0.717, 1.165) is 11.3 Å². The molecule has 1 aromatic rings. The summed E-state index contributed by atoms with van der Waals surface area (Å²) in [7, 11) is 1.78. The van der Waals surface area contributed by atoms with Gasteiger partial charge < -0.3 is 5.43 Å². The summed E-state index contributed by atoms with van der Waals surface area (Å²) in [4.78, 5) is 3.98. The van der Waals surface area contributed by atoms with Gasteiger partial charge in [-0.15, -0.1) is 0 Å². The number of nitrogens with one attached hydrogen (secondary N) is 1. The van der Waals surface area contributed by atoms with Crippen LogP contribution in [0.15, 0.2) is 29.6 Å². The normalized spacial score (nSPS) is 11.3. The van der Waals surface area contributed by atoms with Crippen LogP contribution in [0.3, 0.4) is 0 Å². The van der Waals surface area contributed by atoms with Crippen LogP contribution in [0.4, 0.5) is 0 Å². The molecule has 1 heterocycles. The number of nitrogens with zero attached hydrogens (tertiary/aromatic N) is 2. The van der Waals surface area contributed by atoms with Crippen LogP contribution in [0, 0.1) is 0 Å². The van der Waals surface area contributed by atoms with Crippen LogP contribution < -0.4 is 5.43 Å². The van der Waals surface area contributed by atoms with Crippen molar-refractivity contribution >= 4 is 5.71 Å². The fourth-order valence-corrected chi connectivity index (χ4v) is 0.809. The van der Waals surface area contributed by atoms with Gasteiger partial charge in [-0.2, -0.15) is 5.10 Å². The minimum atomic E-state index is 0.945. The monoisotopic (exact) mass is 149 g/mol. The zero-order chi connectivity index (χ0) is 8.10. The van der Waals surface area contributed by atoms with Crippen molar-refractivity contribution in [1.82, 2.24) is 10.4 Å². The van der Waals surface area contributed by atoms with Gasteiger partial charge in [0.05, 0.1) is 5.71 Å². The van der Waals surface area contributed by atoms with E-state index >= 15 is 0 Å². The Kier molecular flexibility index (Phi) is 2.60. The quantitative estimate of drug-likeness (QED) is 0.503. The summed E-state index contributed by atoms with van der Waals surface area (Å²) in [5.41, 5.74) is 4.71. The molecule has 0 spiro atoms. The molecule has 1 aromatic heterocycles. The number of hydrogen-bond acceptors (Lipinski definition) is 3. The van der Waals surface area contributed by atoms with Crippen LogP contribution >= 0.6 is 0 Å². The molecule has 0 saturated carbocycles. The maximum absolute atomic E-state index is 4.02. The zero-order valence-corrected chi connectivity index (χ0v) is 6.70. The highest BCUT2D eigenvalue weighted by Gasteiger charge is 1.93. The molecule has 0 aromatic carbocycles. The molecule has 0 bridgehead atoms. The fourth-order valence-electron chi connectivity index (χ4n) is 0.809. The topological polar surface area (TPSA) is 37.3 Å². The second-order valence-corrected chi connectivity index (χ2v) is 2.16. The summed E-state index contributed by atoms with van der Waals surface area (Å²) >= 11 is 0. The minimum absolute atomic E-state index is 0.945. The molecule has 0 atom stereocenters. The van der Waals surface area contributed by atoms with Crippen molar-refractivity contribution in [3.8, 4) is 0 Å². The van der Waals surface area contributed by atoms with E-state index in [1.165, 1.54) is 0 Å². The molecule has 0 radical (unpaired) electrons. The van der Waals surface area contributed by atoms with Gasteiger partial charge in [-0.3, -0.25) is 4.98 Å². The lowest BCUT2D eigenvalue weighted by Gasteiger charge is -1.97. The number of hydrazone groups is 1. The fraction of sp³-hybridized carbons (Fsp3) is 0.250. The van der Waals surface area contributed by atoms with E-state index in [-0.39, 0.29) is 0 Å². The van der Waals surface area contributed by atoms with E-state index in [1.807, 2.05) is 19.1 Å². The van der Waals surface area contributed by atoms with Gasteiger partial charge in [0.15, 0.2) is 0 Å². The van der Waals surface area contributed by atoms with Crippen molar-refractivity contribution in [3.05, 3.63) is 30.1 Å². The first-order valence-corrected chi connectivity index (χ1v) is 3.46. The Morgan fingerprint density at radius 3 is 3.00 bits per heavy atom. The SMILES string of the molecule is CN/N=C(\C)c1cccnc1. The first-order chi connectivity index (χ1) is 5.34. The molecule has 0 aliphatic carbocycles. The zero-order valence-electron chi connectivity index (χ0n) is 6.70. The molecule has 3 heteroatoms. The van der Waals surface area contributed by atoms with Crippen LogP contribution in [-0.4, -0.2) is 17.7 Å². The Balaban J connectivity index is 2.85. The van der Waals surface area contributed by atoms with Crippen LogP contribution in [0.2, 0.25) is 0 Å². The molecule has 58 valence electrons. The van der Waals surface area contributed by atoms with Crippen molar-refractivity contribution in [2.75, 3.05) is 7.05 Å². The maximum Gasteiger partial charge on any atom is 0.0659 e. The van der Waals surface area contributed by atoms with Gasteiger partial charge in [0.2, 0.25) is 0 Å². The average molecular weight is 149 g/mol. The minimum Gasteiger partial charge on any atom is -0.313 e. The second kappa shape index (κ2) is 3.71. The predicted molar refractivity (Wildman–Crippen MR) is 45.5 cm³/mol. The third-order valence-corrected chi connectivity index (χ3v) is 1.36. The van der Waals surface area contributed by atoms with Crippen LogP contribution in [-0.2, 0) is 0 Å². The molecule has 0 aliphatic rings. The molecular formula is C8H11N3. The van der Waals surface area contributed by atoms with Crippen molar-refractivity contribution in [1.29, 1.82) is 0 Å². The summed E-state index contributed by atoms with van der Waals surface area (Å²) in [5.74, 6) is 0. The third kappa shape index (κ3) is 2.04. The van der Waals surface area contributed by atoms with Crippen molar-refractivity contribution in [2.24, 2.45) is 5.10 Å². The summed E-state index contributed by atoms with van der Waals surface area (Å²) in [5, 5.41) is 4.02. The maximum atomic E-state index is 4.02.